The molecule has 0 spiro atoms. The van der Waals surface area contributed by atoms with Crippen LogP contribution >= 0.6 is 0 Å². The third-order valence-corrected chi connectivity index (χ3v) is 4.26. The first kappa shape index (κ1) is 15.0. The van der Waals surface area contributed by atoms with Crippen LogP contribution in [0.2, 0.25) is 0 Å². The van der Waals surface area contributed by atoms with Crippen molar-refractivity contribution in [3.8, 4) is 0 Å². The summed E-state index contributed by atoms with van der Waals surface area (Å²) in [6, 6.07) is 9.52. The molecule has 0 radical (unpaired) electrons. The Labute approximate surface area is 120 Å². The highest BCUT2D eigenvalue weighted by molar-refractivity contribution is 5.82. The van der Waals surface area contributed by atoms with Crippen LogP contribution in [0.15, 0.2) is 30.3 Å². The summed E-state index contributed by atoms with van der Waals surface area (Å²) in [6.45, 7) is 2.81. The Kier molecular flexibility index (Phi) is 5.15. The second-order valence-corrected chi connectivity index (χ2v) is 5.68. The van der Waals surface area contributed by atoms with Gasteiger partial charge in [-0.1, -0.05) is 37.3 Å². The molecule has 2 rings (SSSR count). The van der Waals surface area contributed by atoms with Crippen molar-refractivity contribution in [3.63, 3.8) is 0 Å². The summed E-state index contributed by atoms with van der Waals surface area (Å²) >= 11 is 0. The van der Waals surface area contributed by atoms with E-state index in [1.165, 1.54) is 5.56 Å². The number of aliphatic hydroxyl groups is 1. The molecule has 3 atom stereocenters. The summed E-state index contributed by atoms with van der Waals surface area (Å²) in [4.78, 5) is 14.1. The maximum atomic E-state index is 12.4. The minimum absolute atomic E-state index is 0.0238. The first-order valence-electron chi connectivity index (χ1n) is 7.34. The molecule has 1 heterocycles. The Balaban J connectivity index is 1.89. The van der Waals surface area contributed by atoms with Crippen molar-refractivity contribution >= 4 is 5.91 Å². The van der Waals surface area contributed by atoms with Crippen molar-refractivity contribution in [2.45, 2.75) is 38.3 Å². The number of likely N-dealkylation sites (tertiary alicyclic amines) is 1. The highest BCUT2D eigenvalue weighted by atomic mass is 16.3. The van der Waals surface area contributed by atoms with E-state index in [1.807, 2.05) is 30.3 Å². The molecular formula is C16H24N2O2. The molecule has 3 N–H and O–H groups in total. The number of carbonyl (C=O) groups excluding carboxylic acids is 1. The van der Waals surface area contributed by atoms with Crippen LogP contribution in [0.4, 0.5) is 0 Å². The van der Waals surface area contributed by atoms with Crippen LogP contribution < -0.4 is 5.73 Å². The fraction of sp³-hybridized carbons (Fsp3) is 0.562. The molecule has 0 saturated carbocycles. The number of hydrogen-bond donors (Lipinski definition) is 2. The largest absolute Gasteiger partial charge is 0.394 e. The summed E-state index contributed by atoms with van der Waals surface area (Å²) in [5, 5.41) is 9.41. The minimum Gasteiger partial charge on any atom is -0.394 e. The fourth-order valence-electron chi connectivity index (χ4n) is 2.86. The van der Waals surface area contributed by atoms with Gasteiger partial charge < -0.3 is 15.7 Å². The van der Waals surface area contributed by atoms with Crippen LogP contribution in [-0.2, 0) is 11.2 Å². The topological polar surface area (TPSA) is 66.6 Å². The molecule has 1 saturated heterocycles. The van der Waals surface area contributed by atoms with Crippen LogP contribution in [0.1, 0.15) is 25.3 Å². The first-order chi connectivity index (χ1) is 9.63. The minimum atomic E-state index is -0.477. The number of aryl methyl sites for hydroxylation is 1. The van der Waals surface area contributed by atoms with Crippen molar-refractivity contribution in [1.82, 2.24) is 4.90 Å². The van der Waals surface area contributed by atoms with E-state index in [1.54, 1.807) is 4.90 Å². The lowest BCUT2D eigenvalue weighted by molar-refractivity contribution is -0.134. The molecule has 1 aromatic rings. The zero-order chi connectivity index (χ0) is 14.5. The smallest absolute Gasteiger partial charge is 0.239 e. The van der Waals surface area contributed by atoms with Gasteiger partial charge in [0.2, 0.25) is 5.91 Å². The standard InChI is InChI=1S/C16H24N2O2/c1-12-9-10-18(15(12)11-19)16(20)14(17)8-7-13-5-3-2-4-6-13/h2-6,12,14-15,19H,7-11,17H2,1H3. The Morgan fingerprint density at radius 1 is 1.45 bits per heavy atom. The van der Waals surface area contributed by atoms with Crippen LogP contribution in [0.25, 0.3) is 0 Å². The van der Waals surface area contributed by atoms with Gasteiger partial charge in [-0.2, -0.15) is 0 Å². The summed E-state index contributed by atoms with van der Waals surface area (Å²) in [7, 11) is 0. The second-order valence-electron chi connectivity index (χ2n) is 5.68. The van der Waals surface area contributed by atoms with Gasteiger partial charge in [0.25, 0.3) is 0 Å². The Bertz CT molecular complexity index is 435. The van der Waals surface area contributed by atoms with Gasteiger partial charge in [-0.05, 0) is 30.7 Å². The highest BCUT2D eigenvalue weighted by Crippen LogP contribution is 2.24. The lowest BCUT2D eigenvalue weighted by atomic mass is 10.0. The quantitative estimate of drug-likeness (QED) is 0.848. The Hall–Kier alpha value is -1.39. The van der Waals surface area contributed by atoms with E-state index in [0.29, 0.717) is 18.9 Å². The number of carbonyl (C=O) groups is 1. The molecule has 1 aliphatic heterocycles. The molecule has 0 aliphatic carbocycles. The average molecular weight is 276 g/mol. The second kappa shape index (κ2) is 6.86. The molecule has 0 aromatic heterocycles. The van der Waals surface area contributed by atoms with Crippen molar-refractivity contribution in [2.24, 2.45) is 11.7 Å². The highest BCUT2D eigenvalue weighted by Gasteiger charge is 2.35. The van der Waals surface area contributed by atoms with Crippen LogP contribution in [-0.4, -0.2) is 41.1 Å². The number of aliphatic hydroxyl groups excluding tert-OH is 1. The van der Waals surface area contributed by atoms with E-state index in [2.05, 4.69) is 6.92 Å². The third-order valence-electron chi connectivity index (χ3n) is 4.26. The summed E-state index contributed by atoms with van der Waals surface area (Å²) in [6.07, 6.45) is 2.40. The van der Waals surface area contributed by atoms with Gasteiger partial charge in [0.1, 0.15) is 0 Å². The average Bonchev–Trinajstić information content (AvgIpc) is 2.85. The molecule has 0 bridgehead atoms. The van der Waals surface area contributed by atoms with Gasteiger partial charge in [-0.3, -0.25) is 4.79 Å². The fourth-order valence-corrected chi connectivity index (χ4v) is 2.86. The number of hydrogen-bond acceptors (Lipinski definition) is 3. The molecule has 4 nitrogen and oxygen atoms in total. The van der Waals surface area contributed by atoms with E-state index < -0.39 is 6.04 Å². The van der Waals surface area contributed by atoms with Crippen molar-refractivity contribution in [1.29, 1.82) is 0 Å². The molecule has 1 fully saturated rings. The molecule has 1 aromatic carbocycles. The van der Waals surface area contributed by atoms with Crippen LogP contribution in [0.3, 0.4) is 0 Å². The zero-order valence-corrected chi connectivity index (χ0v) is 12.0. The number of amides is 1. The maximum Gasteiger partial charge on any atom is 0.239 e. The van der Waals surface area contributed by atoms with Crippen LogP contribution in [0, 0.1) is 5.92 Å². The maximum absolute atomic E-state index is 12.4. The third kappa shape index (κ3) is 3.38. The van der Waals surface area contributed by atoms with Gasteiger partial charge >= 0.3 is 0 Å². The molecule has 1 aliphatic rings. The molecule has 4 heteroatoms. The molecular weight excluding hydrogens is 252 g/mol. The lowest BCUT2D eigenvalue weighted by Crippen LogP contribution is -2.48. The van der Waals surface area contributed by atoms with Crippen molar-refractivity contribution in [2.75, 3.05) is 13.2 Å². The van der Waals surface area contributed by atoms with E-state index in [-0.39, 0.29) is 18.6 Å². The normalized spacial score (nSPS) is 23.9. The first-order valence-corrected chi connectivity index (χ1v) is 7.34. The summed E-state index contributed by atoms with van der Waals surface area (Å²) in [5.41, 5.74) is 7.23. The van der Waals surface area contributed by atoms with Crippen molar-refractivity contribution in [3.05, 3.63) is 35.9 Å². The monoisotopic (exact) mass is 276 g/mol. The number of nitrogens with zero attached hydrogens (tertiary/aromatic N) is 1. The van der Waals surface area contributed by atoms with E-state index in [0.717, 1.165) is 12.8 Å². The van der Waals surface area contributed by atoms with Gasteiger partial charge in [0.15, 0.2) is 0 Å². The van der Waals surface area contributed by atoms with Gasteiger partial charge in [-0.25, -0.2) is 0 Å². The lowest BCUT2D eigenvalue weighted by Gasteiger charge is -2.27. The van der Waals surface area contributed by atoms with Gasteiger partial charge in [0, 0.05) is 6.54 Å². The number of rotatable bonds is 5. The number of benzene rings is 1. The van der Waals surface area contributed by atoms with E-state index in [4.69, 9.17) is 5.73 Å². The molecule has 3 unspecified atom stereocenters. The molecule has 110 valence electrons. The SMILES string of the molecule is CC1CCN(C(=O)C(N)CCc2ccccc2)C1CO. The van der Waals surface area contributed by atoms with E-state index >= 15 is 0 Å². The zero-order valence-electron chi connectivity index (χ0n) is 12.0. The number of nitrogens with two attached hydrogens (primary N) is 1. The predicted octanol–water partition coefficient (Wildman–Crippen LogP) is 1.18. The van der Waals surface area contributed by atoms with Crippen molar-refractivity contribution < 1.29 is 9.90 Å². The molecule has 1 amide bonds. The Morgan fingerprint density at radius 2 is 2.15 bits per heavy atom. The van der Waals surface area contributed by atoms with Crippen LogP contribution in [0.5, 0.6) is 0 Å². The summed E-state index contributed by atoms with van der Waals surface area (Å²) in [5.74, 6) is 0.328. The van der Waals surface area contributed by atoms with Gasteiger partial charge in [0.05, 0.1) is 18.7 Å². The van der Waals surface area contributed by atoms with Gasteiger partial charge in [-0.15, -0.1) is 0 Å². The Morgan fingerprint density at radius 3 is 2.80 bits per heavy atom. The van der Waals surface area contributed by atoms with E-state index in [9.17, 15) is 9.90 Å². The summed E-state index contributed by atoms with van der Waals surface area (Å²) < 4.78 is 0. The molecule has 20 heavy (non-hydrogen) atoms. The predicted molar refractivity (Wildman–Crippen MR) is 79.1 cm³/mol.